The van der Waals surface area contributed by atoms with Gasteiger partial charge in [-0.1, -0.05) is 29.8 Å². The van der Waals surface area contributed by atoms with Crippen molar-refractivity contribution in [3.8, 4) is 0 Å². The summed E-state index contributed by atoms with van der Waals surface area (Å²) in [6.07, 6.45) is -0.479. The second kappa shape index (κ2) is 7.77. The summed E-state index contributed by atoms with van der Waals surface area (Å²) in [5.41, 5.74) is 2.18. The smallest absolute Gasteiger partial charge is 0.0945 e. The van der Waals surface area contributed by atoms with Gasteiger partial charge in [-0.2, -0.15) is 0 Å². The van der Waals surface area contributed by atoms with Crippen LogP contribution in [-0.2, 0) is 4.74 Å². The van der Waals surface area contributed by atoms with E-state index in [0.717, 1.165) is 10.2 Å². The van der Waals surface area contributed by atoms with Gasteiger partial charge in [0.05, 0.1) is 12.7 Å². The summed E-state index contributed by atoms with van der Waals surface area (Å²) in [7, 11) is 0. The van der Waals surface area contributed by atoms with Crippen LogP contribution in [0, 0.1) is 12.8 Å². The summed E-state index contributed by atoms with van der Waals surface area (Å²) < 4.78 is 6.48. The molecule has 0 spiro atoms. The zero-order valence-corrected chi connectivity index (χ0v) is 12.8. The monoisotopic (exact) mass is 315 g/mol. The standard InChI is InChI=1S/C14H22BrNO2/c1-10(2)8-18-9-13(17)7-16-12-4-5-14(15)11(3)6-12/h4-6,10,13,16-17H,7-9H2,1-3H3. The van der Waals surface area contributed by atoms with Crippen LogP contribution < -0.4 is 5.32 Å². The molecule has 1 aromatic rings. The molecule has 0 radical (unpaired) electrons. The number of nitrogens with one attached hydrogen (secondary N) is 1. The van der Waals surface area contributed by atoms with Crippen LogP contribution >= 0.6 is 15.9 Å². The van der Waals surface area contributed by atoms with Crippen LogP contribution in [0.2, 0.25) is 0 Å². The van der Waals surface area contributed by atoms with Crippen molar-refractivity contribution in [1.29, 1.82) is 0 Å². The lowest BCUT2D eigenvalue weighted by molar-refractivity contribution is 0.0318. The molecule has 0 saturated heterocycles. The fourth-order valence-corrected chi connectivity index (χ4v) is 1.74. The van der Waals surface area contributed by atoms with Crippen molar-refractivity contribution >= 4 is 21.6 Å². The number of aliphatic hydroxyl groups excluding tert-OH is 1. The highest BCUT2D eigenvalue weighted by Crippen LogP contribution is 2.19. The summed E-state index contributed by atoms with van der Waals surface area (Å²) >= 11 is 3.46. The average molecular weight is 316 g/mol. The van der Waals surface area contributed by atoms with Crippen LogP contribution in [0.5, 0.6) is 0 Å². The van der Waals surface area contributed by atoms with Crippen LogP contribution in [0.25, 0.3) is 0 Å². The Balaban J connectivity index is 2.29. The van der Waals surface area contributed by atoms with Gasteiger partial charge in [0.1, 0.15) is 0 Å². The summed E-state index contributed by atoms with van der Waals surface area (Å²) in [6.45, 7) is 7.79. The second-order valence-electron chi connectivity index (χ2n) is 4.93. The molecule has 4 heteroatoms. The molecule has 0 fully saturated rings. The third-order valence-corrected chi connectivity index (χ3v) is 3.35. The van der Waals surface area contributed by atoms with Crippen LogP contribution in [0.1, 0.15) is 19.4 Å². The second-order valence-corrected chi connectivity index (χ2v) is 5.78. The molecule has 0 aliphatic heterocycles. The predicted molar refractivity (Wildman–Crippen MR) is 79.0 cm³/mol. The van der Waals surface area contributed by atoms with Crippen molar-refractivity contribution in [2.75, 3.05) is 25.1 Å². The first-order chi connectivity index (χ1) is 8.49. The first kappa shape index (κ1) is 15.5. The Kier molecular flexibility index (Phi) is 6.68. The zero-order chi connectivity index (χ0) is 13.5. The Morgan fingerprint density at radius 2 is 2.06 bits per heavy atom. The van der Waals surface area contributed by atoms with E-state index in [4.69, 9.17) is 4.74 Å². The molecular weight excluding hydrogens is 294 g/mol. The molecule has 0 bridgehead atoms. The van der Waals surface area contributed by atoms with Gasteiger partial charge in [0.25, 0.3) is 0 Å². The maximum absolute atomic E-state index is 9.75. The summed E-state index contributed by atoms with van der Waals surface area (Å²) in [4.78, 5) is 0. The average Bonchev–Trinajstić information content (AvgIpc) is 2.30. The van der Waals surface area contributed by atoms with Crippen LogP contribution in [0.15, 0.2) is 22.7 Å². The minimum Gasteiger partial charge on any atom is -0.389 e. The maximum atomic E-state index is 9.75. The summed E-state index contributed by atoms with van der Waals surface area (Å²) in [5.74, 6) is 0.499. The largest absolute Gasteiger partial charge is 0.389 e. The van der Waals surface area contributed by atoms with E-state index >= 15 is 0 Å². The highest BCUT2D eigenvalue weighted by Gasteiger charge is 2.05. The van der Waals surface area contributed by atoms with Crippen molar-refractivity contribution in [2.24, 2.45) is 5.92 Å². The minimum absolute atomic E-state index is 0.376. The molecule has 0 amide bonds. The highest BCUT2D eigenvalue weighted by atomic mass is 79.9. The van der Waals surface area contributed by atoms with Gasteiger partial charge in [0, 0.05) is 23.3 Å². The third-order valence-electron chi connectivity index (χ3n) is 2.46. The minimum atomic E-state index is -0.479. The van der Waals surface area contributed by atoms with Crippen molar-refractivity contribution < 1.29 is 9.84 Å². The molecule has 0 saturated carbocycles. The maximum Gasteiger partial charge on any atom is 0.0945 e. The van der Waals surface area contributed by atoms with Gasteiger partial charge in [0.2, 0.25) is 0 Å². The first-order valence-electron chi connectivity index (χ1n) is 6.25. The molecule has 18 heavy (non-hydrogen) atoms. The third kappa shape index (κ3) is 5.85. The Morgan fingerprint density at radius 1 is 1.33 bits per heavy atom. The molecule has 2 N–H and O–H groups in total. The van der Waals surface area contributed by atoms with E-state index in [-0.39, 0.29) is 0 Å². The van der Waals surface area contributed by atoms with E-state index in [1.54, 1.807) is 0 Å². The first-order valence-corrected chi connectivity index (χ1v) is 7.04. The normalized spacial score (nSPS) is 12.8. The summed E-state index contributed by atoms with van der Waals surface area (Å²) in [6, 6.07) is 6.03. The number of aryl methyl sites for hydroxylation is 1. The van der Waals surface area contributed by atoms with Crippen molar-refractivity contribution in [3.63, 3.8) is 0 Å². The Labute approximate surface area is 118 Å². The van der Waals surface area contributed by atoms with E-state index in [9.17, 15) is 5.11 Å². The Bertz CT molecular complexity index is 369. The molecule has 0 heterocycles. The predicted octanol–water partition coefficient (Wildman–Crippen LogP) is 3.20. The number of benzene rings is 1. The quantitative estimate of drug-likeness (QED) is 0.812. The van der Waals surface area contributed by atoms with E-state index < -0.39 is 6.10 Å². The van der Waals surface area contributed by atoms with Gasteiger partial charge in [-0.15, -0.1) is 0 Å². The van der Waals surface area contributed by atoms with E-state index in [1.165, 1.54) is 5.56 Å². The van der Waals surface area contributed by atoms with Crippen LogP contribution in [0.3, 0.4) is 0 Å². The van der Waals surface area contributed by atoms with Gasteiger partial charge in [-0.3, -0.25) is 0 Å². The molecule has 0 aliphatic rings. The molecule has 1 aromatic carbocycles. The molecule has 1 rings (SSSR count). The van der Waals surface area contributed by atoms with Gasteiger partial charge in [-0.25, -0.2) is 0 Å². The fourth-order valence-electron chi connectivity index (χ4n) is 1.49. The topological polar surface area (TPSA) is 41.5 Å². The van der Waals surface area contributed by atoms with Gasteiger partial charge < -0.3 is 15.2 Å². The number of rotatable bonds is 7. The number of hydrogen-bond donors (Lipinski definition) is 2. The molecule has 0 aliphatic carbocycles. The van der Waals surface area contributed by atoms with E-state index in [2.05, 4.69) is 35.1 Å². The molecule has 1 atom stereocenters. The van der Waals surface area contributed by atoms with Gasteiger partial charge in [0.15, 0.2) is 0 Å². The van der Waals surface area contributed by atoms with Gasteiger partial charge in [-0.05, 0) is 36.6 Å². The molecule has 102 valence electrons. The number of ether oxygens (including phenoxy) is 1. The van der Waals surface area contributed by atoms with E-state index in [1.807, 2.05) is 25.1 Å². The number of halogens is 1. The lowest BCUT2D eigenvalue weighted by Gasteiger charge is -2.14. The molecule has 0 aromatic heterocycles. The van der Waals surface area contributed by atoms with Crippen molar-refractivity contribution in [1.82, 2.24) is 0 Å². The molecule has 3 nitrogen and oxygen atoms in total. The van der Waals surface area contributed by atoms with Crippen LogP contribution in [-0.4, -0.2) is 31.0 Å². The van der Waals surface area contributed by atoms with Crippen molar-refractivity contribution in [3.05, 3.63) is 28.2 Å². The van der Waals surface area contributed by atoms with Gasteiger partial charge >= 0.3 is 0 Å². The van der Waals surface area contributed by atoms with Crippen LogP contribution in [0.4, 0.5) is 5.69 Å². The molecular formula is C14H22BrNO2. The number of hydrogen-bond acceptors (Lipinski definition) is 3. The number of aliphatic hydroxyl groups is 1. The summed E-state index contributed by atoms with van der Waals surface area (Å²) in [5, 5.41) is 13.0. The van der Waals surface area contributed by atoms with E-state index in [0.29, 0.717) is 25.7 Å². The lowest BCUT2D eigenvalue weighted by Crippen LogP contribution is -2.25. The number of anilines is 1. The highest BCUT2D eigenvalue weighted by molar-refractivity contribution is 9.10. The lowest BCUT2D eigenvalue weighted by atomic mass is 10.2. The SMILES string of the molecule is Cc1cc(NCC(O)COCC(C)C)ccc1Br. The Morgan fingerprint density at radius 3 is 2.67 bits per heavy atom. The van der Waals surface area contributed by atoms with Crippen molar-refractivity contribution in [2.45, 2.75) is 26.9 Å². The fraction of sp³-hybridized carbons (Fsp3) is 0.571. The Hall–Kier alpha value is -0.580. The molecule has 1 unspecified atom stereocenters. The zero-order valence-electron chi connectivity index (χ0n) is 11.2.